The molecule has 25 heavy (non-hydrogen) atoms. The molecule has 0 aromatic heterocycles. The summed E-state index contributed by atoms with van der Waals surface area (Å²) in [6.45, 7) is 6.81. The van der Waals surface area contributed by atoms with E-state index in [1.165, 1.54) is 45.4 Å². The van der Waals surface area contributed by atoms with Gasteiger partial charge in [-0.2, -0.15) is 0 Å². The fourth-order valence-electron chi connectivity index (χ4n) is 4.01. The predicted molar refractivity (Wildman–Crippen MR) is 94.7 cm³/mol. The second kappa shape index (κ2) is 9.95. The molecular weight excluding hydrogens is 320 g/mol. The average Bonchev–Trinajstić information content (AvgIpc) is 3.19. The number of carbonyl (C=O) groups excluding carboxylic acids is 2. The maximum atomic E-state index is 11.3. The highest BCUT2D eigenvalue weighted by Crippen LogP contribution is 2.45. The molecule has 0 heterocycles. The van der Waals surface area contributed by atoms with Crippen molar-refractivity contribution in [2.45, 2.75) is 83.8 Å². The molecule has 0 aromatic rings. The van der Waals surface area contributed by atoms with Crippen molar-refractivity contribution in [2.24, 2.45) is 11.8 Å². The van der Waals surface area contributed by atoms with E-state index in [-0.39, 0.29) is 24.8 Å². The van der Waals surface area contributed by atoms with E-state index in [0.717, 1.165) is 25.2 Å². The molecule has 5 heteroatoms. The first-order valence-corrected chi connectivity index (χ1v) is 9.57. The van der Waals surface area contributed by atoms with E-state index < -0.39 is 0 Å². The minimum atomic E-state index is -0.272. The number of esters is 2. The number of hydrogen-bond donors (Lipinski definition) is 0. The van der Waals surface area contributed by atoms with Crippen LogP contribution < -0.4 is 0 Å². The Morgan fingerprint density at radius 2 is 1.72 bits per heavy atom. The normalized spacial score (nSPS) is 28.0. The molecule has 2 bridgehead atoms. The summed E-state index contributed by atoms with van der Waals surface area (Å²) < 4.78 is 15.4. The Hall–Kier alpha value is -1.36. The Morgan fingerprint density at radius 1 is 1.00 bits per heavy atom. The van der Waals surface area contributed by atoms with Crippen LogP contribution in [0.5, 0.6) is 0 Å². The summed E-state index contributed by atoms with van der Waals surface area (Å²) in [5, 5.41) is 0. The van der Waals surface area contributed by atoms with Gasteiger partial charge in [0.05, 0.1) is 6.10 Å². The maximum absolute atomic E-state index is 11.3. The van der Waals surface area contributed by atoms with E-state index in [2.05, 4.69) is 11.3 Å². The van der Waals surface area contributed by atoms with Crippen LogP contribution in [0.1, 0.15) is 71.6 Å². The van der Waals surface area contributed by atoms with Crippen LogP contribution >= 0.6 is 0 Å². The smallest absolute Gasteiger partial charge is 0.333 e. The zero-order chi connectivity index (χ0) is 18.2. The molecule has 3 saturated carbocycles. The van der Waals surface area contributed by atoms with Gasteiger partial charge in [0.15, 0.2) is 6.79 Å². The lowest BCUT2D eigenvalue weighted by molar-refractivity contribution is -0.159. The SMILES string of the molecule is C=C(C)C(=O)OC1CC2CCC1C2.CC(=O)OCOC1CCCCC1. The molecule has 3 fully saturated rings. The number of ether oxygens (including phenoxy) is 3. The lowest BCUT2D eigenvalue weighted by Gasteiger charge is -2.21. The van der Waals surface area contributed by atoms with Crippen molar-refractivity contribution < 1.29 is 23.8 Å². The quantitative estimate of drug-likeness (QED) is 0.422. The third-order valence-corrected chi connectivity index (χ3v) is 5.40. The van der Waals surface area contributed by atoms with Gasteiger partial charge in [-0.15, -0.1) is 0 Å². The van der Waals surface area contributed by atoms with Crippen LogP contribution in [0.25, 0.3) is 0 Å². The topological polar surface area (TPSA) is 61.8 Å². The van der Waals surface area contributed by atoms with Gasteiger partial charge >= 0.3 is 11.9 Å². The zero-order valence-electron chi connectivity index (χ0n) is 15.6. The highest BCUT2D eigenvalue weighted by molar-refractivity contribution is 5.87. The van der Waals surface area contributed by atoms with Gasteiger partial charge in [-0.05, 0) is 57.3 Å². The second-order valence-corrected chi connectivity index (χ2v) is 7.58. The van der Waals surface area contributed by atoms with Gasteiger partial charge in [0, 0.05) is 12.5 Å². The minimum absolute atomic E-state index is 0.125. The van der Waals surface area contributed by atoms with E-state index in [9.17, 15) is 9.59 Å². The Kier molecular flexibility index (Phi) is 7.94. The molecule has 0 amide bonds. The van der Waals surface area contributed by atoms with Gasteiger partial charge in [0.2, 0.25) is 0 Å². The Balaban J connectivity index is 0.000000181. The van der Waals surface area contributed by atoms with E-state index in [4.69, 9.17) is 9.47 Å². The van der Waals surface area contributed by atoms with Crippen molar-refractivity contribution in [3.63, 3.8) is 0 Å². The Morgan fingerprint density at radius 3 is 2.24 bits per heavy atom. The van der Waals surface area contributed by atoms with Crippen molar-refractivity contribution in [1.29, 1.82) is 0 Å². The van der Waals surface area contributed by atoms with Crippen LogP contribution in [-0.4, -0.2) is 30.9 Å². The van der Waals surface area contributed by atoms with Crippen molar-refractivity contribution in [2.75, 3.05) is 6.79 Å². The molecule has 142 valence electrons. The highest BCUT2D eigenvalue weighted by atomic mass is 16.7. The number of rotatable bonds is 5. The summed E-state index contributed by atoms with van der Waals surface area (Å²) >= 11 is 0. The molecule has 0 spiro atoms. The van der Waals surface area contributed by atoms with Crippen molar-refractivity contribution in [1.82, 2.24) is 0 Å². The van der Waals surface area contributed by atoms with Gasteiger partial charge in [-0.3, -0.25) is 4.79 Å². The standard InChI is InChI=1S/C11H16O2.C9H16O3/c1-7(2)11(12)13-10-6-8-3-4-9(10)5-8;1-8(10)11-7-12-9-5-3-2-4-6-9/h8-10H,1,3-6H2,2H3;9H,2-7H2,1H3. The Bertz CT molecular complexity index is 467. The third kappa shape index (κ3) is 6.81. The van der Waals surface area contributed by atoms with Gasteiger partial charge < -0.3 is 14.2 Å². The average molecular weight is 352 g/mol. The van der Waals surface area contributed by atoms with Crippen LogP contribution in [0, 0.1) is 11.8 Å². The van der Waals surface area contributed by atoms with Gasteiger partial charge in [-0.25, -0.2) is 4.79 Å². The summed E-state index contributed by atoms with van der Waals surface area (Å²) in [5.41, 5.74) is 0.516. The number of fused-ring (bicyclic) bond motifs is 2. The summed E-state index contributed by atoms with van der Waals surface area (Å²) in [6.07, 6.45) is 11.5. The summed E-state index contributed by atoms with van der Waals surface area (Å²) in [4.78, 5) is 21.6. The number of carbonyl (C=O) groups is 2. The third-order valence-electron chi connectivity index (χ3n) is 5.40. The molecule has 0 radical (unpaired) electrons. The van der Waals surface area contributed by atoms with E-state index in [0.29, 0.717) is 17.6 Å². The first kappa shape index (κ1) is 20.0. The summed E-state index contributed by atoms with van der Waals surface area (Å²) in [6, 6.07) is 0. The molecule has 3 atom stereocenters. The fraction of sp³-hybridized carbons (Fsp3) is 0.800. The summed E-state index contributed by atoms with van der Waals surface area (Å²) in [7, 11) is 0. The van der Waals surface area contributed by atoms with E-state index in [1.54, 1.807) is 6.92 Å². The highest BCUT2D eigenvalue weighted by Gasteiger charge is 2.41. The molecule has 0 aromatic carbocycles. The molecule has 0 aliphatic heterocycles. The number of hydrogen-bond acceptors (Lipinski definition) is 5. The van der Waals surface area contributed by atoms with Crippen LogP contribution in [0.3, 0.4) is 0 Å². The predicted octanol–water partition coefficient (Wildman–Crippen LogP) is 4.15. The van der Waals surface area contributed by atoms with Crippen LogP contribution in [0.4, 0.5) is 0 Å². The first-order chi connectivity index (χ1) is 12.0. The van der Waals surface area contributed by atoms with Crippen LogP contribution in [-0.2, 0) is 23.8 Å². The van der Waals surface area contributed by atoms with Gasteiger partial charge in [0.25, 0.3) is 0 Å². The molecule has 5 nitrogen and oxygen atoms in total. The lowest BCUT2D eigenvalue weighted by Crippen LogP contribution is -2.24. The zero-order valence-corrected chi connectivity index (χ0v) is 15.6. The molecular formula is C20H32O5. The molecule has 3 rings (SSSR count). The minimum Gasteiger partial charge on any atom is -0.459 e. The molecule has 0 saturated heterocycles. The van der Waals surface area contributed by atoms with Crippen molar-refractivity contribution in [3.05, 3.63) is 12.2 Å². The first-order valence-electron chi connectivity index (χ1n) is 9.57. The molecule has 3 aliphatic carbocycles. The maximum Gasteiger partial charge on any atom is 0.333 e. The lowest BCUT2D eigenvalue weighted by atomic mass is 9.98. The largest absolute Gasteiger partial charge is 0.459 e. The van der Waals surface area contributed by atoms with Crippen LogP contribution in [0.2, 0.25) is 0 Å². The van der Waals surface area contributed by atoms with Crippen molar-refractivity contribution in [3.8, 4) is 0 Å². The second-order valence-electron chi connectivity index (χ2n) is 7.58. The monoisotopic (exact) mass is 352 g/mol. The van der Waals surface area contributed by atoms with E-state index in [1.807, 2.05) is 0 Å². The van der Waals surface area contributed by atoms with Crippen molar-refractivity contribution >= 4 is 11.9 Å². The molecule has 3 unspecified atom stereocenters. The van der Waals surface area contributed by atoms with Crippen LogP contribution in [0.15, 0.2) is 12.2 Å². The molecule has 0 N–H and O–H groups in total. The van der Waals surface area contributed by atoms with E-state index >= 15 is 0 Å². The van der Waals surface area contributed by atoms with Gasteiger partial charge in [0.1, 0.15) is 6.10 Å². The van der Waals surface area contributed by atoms with Gasteiger partial charge in [-0.1, -0.05) is 25.8 Å². The Labute approximate surface area is 151 Å². The summed E-state index contributed by atoms with van der Waals surface area (Å²) in [5.74, 6) is 0.990. The fourth-order valence-corrected chi connectivity index (χ4v) is 4.01. The molecule has 3 aliphatic rings.